The van der Waals surface area contributed by atoms with Gasteiger partial charge in [0.1, 0.15) is 0 Å². The van der Waals surface area contributed by atoms with Gasteiger partial charge >= 0.3 is 5.97 Å². The molecule has 24 heavy (non-hydrogen) atoms. The van der Waals surface area contributed by atoms with Gasteiger partial charge < -0.3 is 5.11 Å². The molecule has 1 heterocycles. The maximum Gasteiger partial charge on any atom is 0.335 e. The zero-order valence-corrected chi connectivity index (χ0v) is 13.4. The van der Waals surface area contributed by atoms with Crippen molar-refractivity contribution >= 4 is 39.2 Å². The summed E-state index contributed by atoms with van der Waals surface area (Å²) in [5.74, 6) is -0.934. The fourth-order valence-corrected chi connectivity index (χ4v) is 2.53. The molecule has 0 amide bonds. The molecule has 4 heteroatoms. The normalized spacial score (nSPS) is 10.2. The number of pyridine rings is 1. The summed E-state index contributed by atoms with van der Waals surface area (Å²) < 4.78 is 0. The molecule has 0 unspecified atom stereocenters. The number of nitrogens with zero attached hydrogens (tertiary/aromatic N) is 1. The van der Waals surface area contributed by atoms with Gasteiger partial charge in [-0.25, -0.2) is 4.79 Å². The highest BCUT2D eigenvalue weighted by atomic mass is 35.5. The molecule has 4 rings (SSSR count). The van der Waals surface area contributed by atoms with Crippen molar-refractivity contribution in [3.8, 4) is 0 Å². The Morgan fingerprint density at radius 3 is 2.25 bits per heavy atom. The van der Waals surface area contributed by atoms with Crippen LogP contribution in [0.1, 0.15) is 10.4 Å². The zero-order chi connectivity index (χ0) is 16.9. The number of fused-ring (bicyclic) bond motifs is 3. The van der Waals surface area contributed by atoms with E-state index in [1.165, 1.54) is 28.3 Å². The van der Waals surface area contributed by atoms with E-state index in [9.17, 15) is 4.79 Å². The minimum Gasteiger partial charge on any atom is -0.478 e. The molecule has 0 aliphatic rings. The highest BCUT2D eigenvalue weighted by Gasteiger charge is 1.99. The number of benzene rings is 3. The Kier molecular flexibility index (Phi) is 4.73. The van der Waals surface area contributed by atoms with E-state index in [1.54, 1.807) is 12.1 Å². The topological polar surface area (TPSA) is 50.2 Å². The number of aromatic carboxylic acids is 1. The number of carboxylic acid groups (broad SMARTS) is 1. The number of hydrogen-bond donors (Lipinski definition) is 1. The molecule has 0 aliphatic heterocycles. The predicted molar refractivity (Wildman–Crippen MR) is 97.7 cm³/mol. The molecule has 0 fully saturated rings. The first-order valence-electron chi connectivity index (χ1n) is 7.36. The summed E-state index contributed by atoms with van der Waals surface area (Å²) in [6.07, 6.45) is 1.84. The van der Waals surface area contributed by atoms with Crippen LogP contribution in [0.15, 0.2) is 79.0 Å². The molecule has 3 aromatic carbocycles. The Hall–Kier alpha value is -2.91. The van der Waals surface area contributed by atoms with Crippen LogP contribution in [0.25, 0.3) is 21.7 Å². The molecule has 0 atom stereocenters. The number of hydrogen-bond acceptors (Lipinski definition) is 2. The standard InChI is InChI=1S/C13H9N.C7H5ClO2/c1-2-6-12-10(4-1)7-8-11-5-3-9-14-13(11)12;8-6-3-1-5(2-4-6)7(9)10/h1-9H;1-4H,(H,9,10). The molecular formula is C20H14ClNO2. The molecule has 1 N–H and O–H groups in total. The molecule has 0 spiro atoms. The molecule has 0 bridgehead atoms. The van der Waals surface area contributed by atoms with Crippen molar-refractivity contribution in [2.45, 2.75) is 0 Å². The molecule has 1 aromatic heterocycles. The van der Waals surface area contributed by atoms with E-state index in [4.69, 9.17) is 16.7 Å². The number of carbonyl (C=O) groups is 1. The van der Waals surface area contributed by atoms with Gasteiger partial charge in [0.05, 0.1) is 11.1 Å². The van der Waals surface area contributed by atoms with Crippen LogP contribution < -0.4 is 0 Å². The number of aromatic nitrogens is 1. The Labute approximate surface area is 144 Å². The second-order valence-corrected chi connectivity index (χ2v) is 5.61. The SMILES string of the molecule is O=C(O)c1ccc(Cl)cc1.c1ccc2c(c1)ccc1cccnc12. The van der Waals surface area contributed by atoms with Crippen LogP contribution in [0.4, 0.5) is 0 Å². The van der Waals surface area contributed by atoms with Crippen LogP contribution in [0, 0.1) is 0 Å². The van der Waals surface area contributed by atoms with Crippen molar-refractivity contribution in [3.63, 3.8) is 0 Å². The van der Waals surface area contributed by atoms with E-state index >= 15 is 0 Å². The largest absolute Gasteiger partial charge is 0.478 e. The molecule has 0 radical (unpaired) electrons. The minimum absolute atomic E-state index is 0.254. The van der Waals surface area contributed by atoms with Crippen LogP contribution in [-0.2, 0) is 0 Å². The van der Waals surface area contributed by atoms with Crippen molar-refractivity contribution in [1.82, 2.24) is 4.98 Å². The van der Waals surface area contributed by atoms with Gasteiger partial charge in [0.2, 0.25) is 0 Å². The maximum atomic E-state index is 10.3. The van der Waals surface area contributed by atoms with Crippen molar-refractivity contribution in [2.75, 3.05) is 0 Å². The molecule has 3 nitrogen and oxygen atoms in total. The Bertz CT molecular complexity index is 942. The Morgan fingerprint density at radius 2 is 1.50 bits per heavy atom. The van der Waals surface area contributed by atoms with E-state index in [0.717, 1.165) is 5.52 Å². The number of halogens is 1. The van der Waals surface area contributed by atoms with Gasteiger partial charge in [-0.2, -0.15) is 0 Å². The monoisotopic (exact) mass is 335 g/mol. The lowest BCUT2D eigenvalue weighted by Gasteiger charge is -2.01. The first-order chi connectivity index (χ1) is 11.6. The highest BCUT2D eigenvalue weighted by molar-refractivity contribution is 6.30. The van der Waals surface area contributed by atoms with Gasteiger partial charge in [-0.15, -0.1) is 0 Å². The fourth-order valence-electron chi connectivity index (χ4n) is 2.41. The van der Waals surface area contributed by atoms with Crippen molar-refractivity contribution in [1.29, 1.82) is 0 Å². The molecule has 0 saturated carbocycles. The number of rotatable bonds is 1. The van der Waals surface area contributed by atoms with Crippen molar-refractivity contribution in [2.24, 2.45) is 0 Å². The predicted octanol–water partition coefficient (Wildman–Crippen LogP) is 5.43. The van der Waals surface area contributed by atoms with Crippen molar-refractivity contribution in [3.05, 3.63) is 89.6 Å². The van der Waals surface area contributed by atoms with Crippen LogP contribution in [-0.4, -0.2) is 16.1 Å². The van der Waals surface area contributed by atoms with E-state index < -0.39 is 5.97 Å². The van der Waals surface area contributed by atoms with E-state index in [0.29, 0.717) is 5.02 Å². The average molecular weight is 336 g/mol. The summed E-state index contributed by atoms with van der Waals surface area (Å²) in [6.45, 7) is 0. The number of carboxylic acids is 1. The molecule has 4 aromatic rings. The van der Waals surface area contributed by atoms with Crippen LogP contribution in [0.3, 0.4) is 0 Å². The van der Waals surface area contributed by atoms with Gasteiger partial charge in [0.15, 0.2) is 0 Å². The summed E-state index contributed by atoms with van der Waals surface area (Å²) in [5.41, 5.74) is 1.34. The van der Waals surface area contributed by atoms with Gasteiger partial charge in [0.25, 0.3) is 0 Å². The zero-order valence-electron chi connectivity index (χ0n) is 12.7. The van der Waals surface area contributed by atoms with Gasteiger partial charge in [-0.1, -0.05) is 54.1 Å². The minimum atomic E-state index is -0.934. The fraction of sp³-hybridized carbons (Fsp3) is 0. The quantitative estimate of drug-likeness (QED) is 0.472. The third-order valence-electron chi connectivity index (χ3n) is 3.59. The lowest BCUT2D eigenvalue weighted by atomic mass is 10.1. The first-order valence-corrected chi connectivity index (χ1v) is 7.74. The summed E-state index contributed by atoms with van der Waals surface area (Å²) in [6, 6.07) is 22.7. The second-order valence-electron chi connectivity index (χ2n) is 5.17. The first kappa shape index (κ1) is 16.0. The Morgan fingerprint density at radius 1 is 0.833 bits per heavy atom. The molecule has 0 saturated heterocycles. The third-order valence-corrected chi connectivity index (χ3v) is 3.84. The molecular weight excluding hydrogens is 322 g/mol. The maximum absolute atomic E-state index is 10.3. The Balaban J connectivity index is 0.000000150. The van der Waals surface area contributed by atoms with Gasteiger partial charge in [-0.05, 0) is 35.7 Å². The molecule has 0 aliphatic carbocycles. The van der Waals surface area contributed by atoms with Gasteiger partial charge in [0, 0.05) is 22.0 Å². The van der Waals surface area contributed by atoms with E-state index in [2.05, 4.69) is 47.4 Å². The summed E-state index contributed by atoms with van der Waals surface area (Å²) in [5, 5.41) is 12.7. The highest BCUT2D eigenvalue weighted by Crippen LogP contribution is 2.22. The summed E-state index contributed by atoms with van der Waals surface area (Å²) in [4.78, 5) is 14.7. The summed E-state index contributed by atoms with van der Waals surface area (Å²) in [7, 11) is 0. The lowest BCUT2D eigenvalue weighted by Crippen LogP contribution is -1.94. The molecule has 118 valence electrons. The average Bonchev–Trinajstić information content (AvgIpc) is 2.62. The van der Waals surface area contributed by atoms with Gasteiger partial charge in [-0.3, -0.25) is 4.98 Å². The van der Waals surface area contributed by atoms with Crippen LogP contribution in [0.2, 0.25) is 5.02 Å². The van der Waals surface area contributed by atoms with Crippen LogP contribution >= 0.6 is 11.6 Å². The third kappa shape index (κ3) is 3.53. The van der Waals surface area contributed by atoms with E-state index in [-0.39, 0.29) is 5.56 Å². The van der Waals surface area contributed by atoms with Crippen LogP contribution in [0.5, 0.6) is 0 Å². The second kappa shape index (κ2) is 7.11. The summed E-state index contributed by atoms with van der Waals surface area (Å²) >= 11 is 5.52. The smallest absolute Gasteiger partial charge is 0.335 e. The van der Waals surface area contributed by atoms with E-state index in [1.807, 2.05) is 12.3 Å². The lowest BCUT2D eigenvalue weighted by molar-refractivity contribution is 0.0697. The van der Waals surface area contributed by atoms with Crippen molar-refractivity contribution < 1.29 is 9.90 Å².